The summed E-state index contributed by atoms with van der Waals surface area (Å²) >= 11 is 0. The van der Waals surface area contributed by atoms with Crippen molar-refractivity contribution < 1.29 is 14.4 Å². The van der Waals surface area contributed by atoms with Crippen molar-refractivity contribution >= 4 is 23.4 Å². The molecule has 0 radical (unpaired) electrons. The minimum atomic E-state index is -0.231. The fraction of sp³-hybridized carbons (Fsp3) is 0.636. The highest BCUT2D eigenvalue weighted by atomic mass is 16.2. The van der Waals surface area contributed by atoms with Crippen LogP contribution in [0.4, 0.5) is 5.82 Å². The average molecular weight is 401 g/mol. The normalized spacial score (nSPS) is 20.7. The molecule has 1 atom stereocenters. The third kappa shape index (κ3) is 5.34. The monoisotopic (exact) mass is 400 g/mol. The number of anilines is 1. The van der Waals surface area contributed by atoms with E-state index in [1.807, 2.05) is 26.0 Å². The van der Waals surface area contributed by atoms with Gasteiger partial charge in [-0.3, -0.25) is 14.4 Å². The van der Waals surface area contributed by atoms with Gasteiger partial charge in [-0.2, -0.15) is 0 Å². The fourth-order valence-corrected chi connectivity index (χ4v) is 4.27. The van der Waals surface area contributed by atoms with Crippen molar-refractivity contribution in [2.45, 2.75) is 46.0 Å². The molecule has 2 N–H and O–H groups in total. The van der Waals surface area contributed by atoms with Crippen molar-refractivity contribution in [3.63, 3.8) is 0 Å². The van der Waals surface area contributed by atoms with E-state index in [1.54, 1.807) is 11.1 Å². The lowest BCUT2D eigenvalue weighted by Crippen LogP contribution is -2.42. The van der Waals surface area contributed by atoms with E-state index < -0.39 is 0 Å². The number of carbonyl (C=O) groups is 3. The molecule has 2 saturated heterocycles. The van der Waals surface area contributed by atoms with E-state index in [4.69, 9.17) is 5.73 Å². The standard InChI is InChI=1S/C22H32N4O3/c1-15(2)12-19(27)18-4-3-9-26(14-18)22(29)17-5-6-20(24-13-17)25-10-7-16(8-11-25)21(23)28/h5-6,13,15-16,18H,3-4,7-12,14H2,1-2H3,(H2,23,28)/t18-/m0/s1. The lowest BCUT2D eigenvalue weighted by atomic mass is 9.89. The number of nitrogens with zero attached hydrogens (tertiary/aromatic N) is 3. The van der Waals surface area contributed by atoms with Crippen LogP contribution in [0.15, 0.2) is 18.3 Å². The Morgan fingerprint density at radius 1 is 1.10 bits per heavy atom. The molecule has 7 nitrogen and oxygen atoms in total. The molecule has 0 saturated carbocycles. The number of carbonyl (C=O) groups excluding carboxylic acids is 3. The number of piperidine rings is 2. The first-order valence-electron chi connectivity index (χ1n) is 10.7. The molecule has 1 aromatic rings. The number of nitrogens with two attached hydrogens (primary N) is 1. The Labute approximate surface area is 172 Å². The number of rotatable bonds is 6. The molecule has 0 aliphatic carbocycles. The van der Waals surface area contributed by atoms with Crippen LogP contribution in [-0.4, -0.2) is 53.7 Å². The Balaban J connectivity index is 1.59. The zero-order chi connectivity index (χ0) is 21.0. The van der Waals surface area contributed by atoms with Gasteiger partial charge in [0.05, 0.1) is 5.56 Å². The Bertz CT molecular complexity index is 739. The van der Waals surface area contributed by atoms with E-state index in [0.717, 1.165) is 44.6 Å². The summed E-state index contributed by atoms with van der Waals surface area (Å²) in [6.07, 6.45) is 5.40. The van der Waals surface area contributed by atoms with Gasteiger partial charge in [0.2, 0.25) is 5.91 Å². The predicted molar refractivity (Wildman–Crippen MR) is 111 cm³/mol. The highest BCUT2D eigenvalue weighted by molar-refractivity contribution is 5.94. The van der Waals surface area contributed by atoms with Crippen LogP contribution in [-0.2, 0) is 9.59 Å². The van der Waals surface area contributed by atoms with Crippen molar-refractivity contribution in [2.75, 3.05) is 31.1 Å². The van der Waals surface area contributed by atoms with Crippen LogP contribution in [0.25, 0.3) is 0 Å². The first kappa shape index (κ1) is 21.3. The Morgan fingerprint density at radius 3 is 2.41 bits per heavy atom. The van der Waals surface area contributed by atoms with Crippen LogP contribution in [0.5, 0.6) is 0 Å². The predicted octanol–water partition coefficient (Wildman–Crippen LogP) is 2.25. The van der Waals surface area contributed by atoms with Crippen LogP contribution in [0.3, 0.4) is 0 Å². The summed E-state index contributed by atoms with van der Waals surface area (Å²) in [5.74, 6) is 1.03. The number of hydrogen-bond acceptors (Lipinski definition) is 5. The summed E-state index contributed by atoms with van der Waals surface area (Å²) in [5, 5.41) is 0. The van der Waals surface area contributed by atoms with Gasteiger partial charge in [-0.25, -0.2) is 4.98 Å². The number of pyridine rings is 1. The minimum Gasteiger partial charge on any atom is -0.369 e. The molecule has 1 aromatic heterocycles. The van der Waals surface area contributed by atoms with Gasteiger partial charge in [0.25, 0.3) is 5.91 Å². The summed E-state index contributed by atoms with van der Waals surface area (Å²) in [7, 11) is 0. The van der Waals surface area contributed by atoms with Crippen LogP contribution in [0.1, 0.15) is 56.3 Å². The highest BCUT2D eigenvalue weighted by Gasteiger charge is 2.29. The van der Waals surface area contributed by atoms with E-state index in [9.17, 15) is 14.4 Å². The highest BCUT2D eigenvalue weighted by Crippen LogP contribution is 2.24. The van der Waals surface area contributed by atoms with Gasteiger partial charge < -0.3 is 15.5 Å². The van der Waals surface area contributed by atoms with E-state index in [0.29, 0.717) is 31.0 Å². The Hall–Kier alpha value is -2.44. The summed E-state index contributed by atoms with van der Waals surface area (Å²) in [6.45, 7) is 6.76. The Kier molecular flexibility index (Phi) is 6.87. The quantitative estimate of drug-likeness (QED) is 0.790. The van der Waals surface area contributed by atoms with Crippen molar-refractivity contribution in [3.8, 4) is 0 Å². The second-order valence-corrected chi connectivity index (χ2v) is 8.72. The number of Topliss-reactive ketones (excluding diaryl/α,β-unsaturated/α-hetero) is 1. The van der Waals surface area contributed by atoms with Crippen molar-refractivity contribution in [3.05, 3.63) is 23.9 Å². The minimum absolute atomic E-state index is 0.0473. The molecule has 0 spiro atoms. The number of aromatic nitrogens is 1. The molecule has 3 rings (SSSR count). The maximum absolute atomic E-state index is 12.9. The zero-order valence-electron chi connectivity index (χ0n) is 17.5. The van der Waals surface area contributed by atoms with Gasteiger partial charge >= 0.3 is 0 Å². The lowest BCUT2D eigenvalue weighted by molar-refractivity contribution is -0.125. The third-order valence-electron chi connectivity index (χ3n) is 5.99. The topological polar surface area (TPSA) is 96.6 Å². The summed E-state index contributed by atoms with van der Waals surface area (Å²) in [4.78, 5) is 45.0. The van der Waals surface area contributed by atoms with E-state index >= 15 is 0 Å². The number of likely N-dealkylation sites (tertiary alicyclic amines) is 1. The molecule has 158 valence electrons. The van der Waals surface area contributed by atoms with Gasteiger partial charge in [-0.15, -0.1) is 0 Å². The smallest absolute Gasteiger partial charge is 0.255 e. The van der Waals surface area contributed by atoms with E-state index in [1.165, 1.54) is 0 Å². The largest absolute Gasteiger partial charge is 0.369 e. The molecule has 2 aliphatic rings. The molecule has 2 fully saturated rings. The molecule has 2 amide bonds. The molecule has 29 heavy (non-hydrogen) atoms. The maximum atomic E-state index is 12.9. The van der Waals surface area contributed by atoms with Crippen LogP contribution < -0.4 is 10.6 Å². The molecule has 7 heteroatoms. The number of hydrogen-bond donors (Lipinski definition) is 1. The average Bonchev–Trinajstić information content (AvgIpc) is 2.73. The van der Waals surface area contributed by atoms with E-state index in [2.05, 4.69) is 9.88 Å². The number of amides is 2. The van der Waals surface area contributed by atoms with Crippen molar-refractivity contribution in [1.82, 2.24) is 9.88 Å². The molecule has 0 unspecified atom stereocenters. The molecular weight excluding hydrogens is 368 g/mol. The summed E-state index contributed by atoms with van der Waals surface area (Å²) < 4.78 is 0. The van der Waals surface area contributed by atoms with Gasteiger partial charge in [-0.1, -0.05) is 13.8 Å². The van der Waals surface area contributed by atoms with E-state index in [-0.39, 0.29) is 29.4 Å². The van der Waals surface area contributed by atoms with Gasteiger partial charge in [0, 0.05) is 50.6 Å². The van der Waals surface area contributed by atoms with Crippen LogP contribution >= 0.6 is 0 Å². The Morgan fingerprint density at radius 2 is 1.83 bits per heavy atom. The van der Waals surface area contributed by atoms with Crippen LogP contribution in [0, 0.1) is 17.8 Å². The number of primary amides is 1. The van der Waals surface area contributed by atoms with Crippen LogP contribution in [0.2, 0.25) is 0 Å². The third-order valence-corrected chi connectivity index (χ3v) is 5.99. The summed E-state index contributed by atoms with van der Waals surface area (Å²) in [6, 6.07) is 3.67. The number of ketones is 1. The molecular formula is C22H32N4O3. The second kappa shape index (κ2) is 9.37. The summed E-state index contributed by atoms with van der Waals surface area (Å²) in [5.41, 5.74) is 5.94. The first-order chi connectivity index (χ1) is 13.8. The zero-order valence-corrected chi connectivity index (χ0v) is 17.5. The SMILES string of the molecule is CC(C)CC(=O)[C@H]1CCCN(C(=O)c2ccc(N3CCC(C(N)=O)CC3)nc2)C1. The second-order valence-electron chi connectivity index (χ2n) is 8.72. The van der Waals surface area contributed by atoms with Gasteiger partial charge in [-0.05, 0) is 43.7 Å². The fourth-order valence-electron chi connectivity index (χ4n) is 4.27. The maximum Gasteiger partial charge on any atom is 0.255 e. The van der Waals surface area contributed by atoms with Crippen molar-refractivity contribution in [1.29, 1.82) is 0 Å². The van der Waals surface area contributed by atoms with Gasteiger partial charge in [0.15, 0.2) is 0 Å². The molecule has 3 heterocycles. The van der Waals surface area contributed by atoms with Gasteiger partial charge in [0.1, 0.15) is 11.6 Å². The first-order valence-corrected chi connectivity index (χ1v) is 10.7. The van der Waals surface area contributed by atoms with Crippen molar-refractivity contribution in [2.24, 2.45) is 23.5 Å². The molecule has 2 aliphatic heterocycles. The molecule has 0 bridgehead atoms. The lowest BCUT2D eigenvalue weighted by Gasteiger charge is -2.33. The molecule has 0 aromatic carbocycles.